The van der Waals surface area contributed by atoms with Gasteiger partial charge in [-0.2, -0.15) is 5.26 Å². The number of hydrogen-bond donors (Lipinski definition) is 0. The lowest BCUT2D eigenvalue weighted by Gasteiger charge is -2.24. The Hall–Kier alpha value is -4.21. The van der Waals surface area contributed by atoms with Crippen LogP contribution in [0.3, 0.4) is 0 Å². The second kappa shape index (κ2) is 10.8. The third-order valence-electron chi connectivity index (χ3n) is 5.65. The molecule has 0 atom stereocenters. The van der Waals surface area contributed by atoms with Crippen LogP contribution >= 0.6 is 11.3 Å². The normalized spacial score (nSPS) is 11.5. The van der Waals surface area contributed by atoms with Crippen LogP contribution in [0.25, 0.3) is 18.2 Å². The smallest absolute Gasteiger partial charge is 0.119 e. The van der Waals surface area contributed by atoms with Crippen molar-refractivity contribution in [3.8, 4) is 17.6 Å². The van der Waals surface area contributed by atoms with Crippen LogP contribution in [-0.2, 0) is 7.05 Å². The van der Waals surface area contributed by atoms with Crippen molar-refractivity contribution in [1.82, 2.24) is 4.57 Å². The van der Waals surface area contributed by atoms with Gasteiger partial charge in [0.05, 0.1) is 20.3 Å². The second-order valence-electron chi connectivity index (χ2n) is 7.92. The molecule has 0 N–H and O–H groups in total. The predicted octanol–water partition coefficient (Wildman–Crippen LogP) is 7.67. The zero-order valence-corrected chi connectivity index (χ0v) is 21.0. The first kappa shape index (κ1) is 23.9. The van der Waals surface area contributed by atoms with E-state index < -0.39 is 0 Å². The van der Waals surface area contributed by atoms with E-state index in [2.05, 4.69) is 70.2 Å². The van der Waals surface area contributed by atoms with Crippen LogP contribution in [0.4, 0.5) is 16.4 Å². The Kier molecular flexibility index (Phi) is 7.39. The molecule has 0 aliphatic carbocycles. The summed E-state index contributed by atoms with van der Waals surface area (Å²) >= 11 is 1.71. The first-order valence-corrected chi connectivity index (χ1v) is 11.9. The largest absolute Gasteiger partial charge is 0.497 e. The molecule has 0 spiro atoms. The molecule has 35 heavy (non-hydrogen) atoms. The Balaban J connectivity index is 1.64. The summed E-state index contributed by atoms with van der Waals surface area (Å²) in [6.45, 7) is 1.81. The lowest BCUT2D eigenvalue weighted by atomic mass is 10.2. The van der Waals surface area contributed by atoms with Gasteiger partial charge in [0.15, 0.2) is 0 Å². The van der Waals surface area contributed by atoms with Gasteiger partial charge in [-0.05, 0) is 97.9 Å². The molecule has 0 saturated heterocycles. The number of allylic oxidation sites excluding steroid dienone is 1. The first-order chi connectivity index (χ1) is 17.0. The van der Waals surface area contributed by atoms with Gasteiger partial charge in [-0.3, -0.25) is 0 Å². The number of nitriles is 1. The Morgan fingerprint density at radius 2 is 1.40 bits per heavy atom. The van der Waals surface area contributed by atoms with Crippen molar-refractivity contribution in [2.75, 3.05) is 19.1 Å². The molecule has 0 amide bonds. The van der Waals surface area contributed by atoms with Gasteiger partial charge in [0.1, 0.15) is 16.5 Å². The van der Waals surface area contributed by atoms with E-state index in [0.717, 1.165) is 44.1 Å². The Morgan fingerprint density at radius 3 is 1.94 bits per heavy atom. The fourth-order valence-corrected chi connectivity index (χ4v) is 4.65. The molecular formula is C29H27N3O2S. The summed E-state index contributed by atoms with van der Waals surface area (Å²) in [5.74, 6) is 1.64. The average molecular weight is 482 g/mol. The molecule has 0 aliphatic heterocycles. The summed E-state index contributed by atoms with van der Waals surface area (Å²) in [5, 5.41) is 10.2. The highest BCUT2D eigenvalue weighted by atomic mass is 32.1. The number of methoxy groups -OCH3 is 2. The van der Waals surface area contributed by atoms with Crippen LogP contribution in [0.5, 0.6) is 11.5 Å². The number of aromatic nitrogens is 1. The summed E-state index contributed by atoms with van der Waals surface area (Å²) in [6.07, 6.45) is 6.11. The van der Waals surface area contributed by atoms with Crippen molar-refractivity contribution in [3.63, 3.8) is 0 Å². The van der Waals surface area contributed by atoms with Crippen LogP contribution in [-0.4, -0.2) is 18.8 Å². The van der Waals surface area contributed by atoms with Crippen LogP contribution in [0.15, 0.2) is 78.4 Å². The van der Waals surface area contributed by atoms with Crippen molar-refractivity contribution < 1.29 is 9.47 Å². The van der Waals surface area contributed by atoms with Gasteiger partial charge < -0.3 is 18.9 Å². The molecule has 0 aliphatic rings. The standard InChI is InChI=1S/C29H27N3O2S/c1-21(20-30)19-25-6-5-22(31(25)2)11-16-28-17-18-29(35-28)32(23-7-12-26(33-3)13-8-23)24-9-14-27(34-4)15-10-24/h5-19H,1-4H3/b16-11+,21-19-. The molecule has 2 aromatic heterocycles. The van der Waals surface area contributed by atoms with Gasteiger partial charge >= 0.3 is 0 Å². The highest BCUT2D eigenvalue weighted by Crippen LogP contribution is 2.40. The second-order valence-corrected chi connectivity index (χ2v) is 9.02. The number of hydrogen-bond acceptors (Lipinski definition) is 5. The SMILES string of the molecule is COc1ccc(N(c2ccc(OC)cc2)c2ccc(/C=C/c3ccc(/C=C(/C)C#N)n3C)s2)cc1. The third-order valence-corrected chi connectivity index (χ3v) is 6.69. The highest BCUT2D eigenvalue weighted by Gasteiger charge is 2.15. The van der Waals surface area contributed by atoms with Crippen molar-refractivity contribution in [2.45, 2.75) is 6.92 Å². The summed E-state index contributed by atoms with van der Waals surface area (Å²) in [4.78, 5) is 3.36. The van der Waals surface area contributed by atoms with Crippen molar-refractivity contribution in [2.24, 2.45) is 7.05 Å². The molecule has 2 aromatic carbocycles. The lowest BCUT2D eigenvalue weighted by Crippen LogP contribution is -2.08. The minimum atomic E-state index is 0.682. The molecule has 0 bridgehead atoms. The molecule has 0 unspecified atom stereocenters. The lowest BCUT2D eigenvalue weighted by molar-refractivity contribution is 0.415. The van der Waals surface area contributed by atoms with E-state index in [1.165, 1.54) is 0 Å². The summed E-state index contributed by atoms with van der Waals surface area (Å²) in [7, 11) is 5.35. The molecular weight excluding hydrogens is 454 g/mol. The minimum Gasteiger partial charge on any atom is -0.497 e. The van der Waals surface area contributed by atoms with Gasteiger partial charge in [0, 0.05) is 40.3 Å². The fraction of sp³-hybridized carbons (Fsp3) is 0.138. The van der Waals surface area contributed by atoms with Crippen molar-refractivity contribution in [1.29, 1.82) is 5.26 Å². The molecule has 6 heteroatoms. The van der Waals surface area contributed by atoms with Crippen LogP contribution < -0.4 is 14.4 Å². The number of thiophene rings is 1. The third kappa shape index (κ3) is 5.48. The van der Waals surface area contributed by atoms with Crippen molar-refractivity contribution in [3.05, 3.63) is 94.6 Å². The molecule has 0 fully saturated rings. The molecule has 5 nitrogen and oxygen atoms in total. The van der Waals surface area contributed by atoms with E-state index in [0.29, 0.717) is 5.57 Å². The van der Waals surface area contributed by atoms with Gasteiger partial charge in [-0.15, -0.1) is 11.3 Å². The summed E-state index contributed by atoms with van der Waals surface area (Å²) in [6, 6.07) is 26.6. The number of nitrogens with zero attached hydrogens (tertiary/aromatic N) is 3. The number of anilines is 3. The van der Waals surface area contributed by atoms with Crippen LogP contribution in [0.1, 0.15) is 23.2 Å². The molecule has 4 aromatic rings. The van der Waals surface area contributed by atoms with Gasteiger partial charge in [0.2, 0.25) is 0 Å². The average Bonchev–Trinajstić information content (AvgIpc) is 3.50. The number of ether oxygens (including phenoxy) is 2. The molecule has 4 rings (SSSR count). The molecule has 2 heterocycles. The van der Waals surface area contributed by atoms with E-state index >= 15 is 0 Å². The topological polar surface area (TPSA) is 50.4 Å². The zero-order valence-electron chi connectivity index (χ0n) is 20.2. The van der Waals surface area contributed by atoms with E-state index in [4.69, 9.17) is 14.7 Å². The van der Waals surface area contributed by atoms with E-state index in [-0.39, 0.29) is 0 Å². The number of benzene rings is 2. The minimum absolute atomic E-state index is 0.682. The van der Waals surface area contributed by atoms with Gasteiger partial charge in [0.25, 0.3) is 0 Å². The quantitative estimate of drug-likeness (QED) is 0.242. The highest BCUT2D eigenvalue weighted by molar-refractivity contribution is 7.17. The monoisotopic (exact) mass is 481 g/mol. The van der Waals surface area contributed by atoms with Crippen LogP contribution in [0.2, 0.25) is 0 Å². The van der Waals surface area contributed by atoms with E-state index in [1.807, 2.05) is 50.4 Å². The van der Waals surface area contributed by atoms with Crippen molar-refractivity contribution >= 4 is 45.9 Å². The first-order valence-electron chi connectivity index (χ1n) is 11.1. The maximum Gasteiger partial charge on any atom is 0.119 e. The zero-order chi connectivity index (χ0) is 24.8. The van der Waals surface area contributed by atoms with Crippen LogP contribution in [0, 0.1) is 11.3 Å². The maximum atomic E-state index is 9.05. The maximum absolute atomic E-state index is 9.05. The number of rotatable bonds is 8. The predicted molar refractivity (Wildman–Crippen MR) is 146 cm³/mol. The Bertz CT molecular complexity index is 1340. The molecule has 0 radical (unpaired) electrons. The molecule has 176 valence electrons. The van der Waals surface area contributed by atoms with Gasteiger partial charge in [-0.25, -0.2) is 0 Å². The Labute approximate surface area is 210 Å². The summed E-state index contributed by atoms with van der Waals surface area (Å²) in [5.41, 5.74) is 4.83. The van der Waals surface area contributed by atoms with E-state index in [1.54, 1.807) is 25.6 Å². The molecule has 0 saturated carbocycles. The summed E-state index contributed by atoms with van der Waals surface area (Å²) < 4.78 is 12.8. The Morgan fingerprint density at radius 1 is 0.829 bits per heavy atom. The fourth-order valence-electron chi connectivity index (χ4n) is 3.70. The van der Waals surface area contributed by atoms with Gasteiger partial charge in [-0.1, -0.05) is 0 Å². The van der Waals surface area contributed by atoms with E-state index in [9.17, 15) is 0 Å².